The lowest BCUT2D eigenvalue weighted by molar-refractivity contribution is -0.117. The molecule has 4 rings (SSSR count). The normalized spacial score (nSPS) is 18.4. The van der Waals surface area contributed by atoms with E-state index >= 15 is 0 Å². The maximum absolute atomic E-state index is 13.6. The fraction of sp³-hybridized carbons (Fsp3) is 0.333. The van der Waals surface area contributed by atoms with Gasteiger partial charge in [0.15, 0.2) is 0 Å². The number of rotatable bonds is 5. The van der Waals surface area contributed by atoms with Crippen molar-refractivity contribution >= 4 is 17.5 Å². The average Bonchev–Trinajstić information content (AvgIpc) is 3.31. The Bertz CT molecular complexity index is 1100. The van der Waals surface area contributed by atoms with Crippen LogP contribution in [0.15, 0.2) is 54.9 Å². The summed E-state index contributed by atoms with van der Waals surface area (Å²) in [4.78, 5) is 29.4. The van der Waals surface area contributed by atoms with Crippen LogP contribution in [0.2, 0.25) is 0 Å². The van der Waals surface area contributed by atoms with Crippen LogP contribution in [-0.4, -0.2) is 44.3 Å². The van der Waals surface area contributed by atoms with Crippen molar-refractivity contribution in [3.05, 3.63) is 71.8 Å². The second kappa shape index (κ2) is 9.30. The van der Waals surface area contributed by atoms with E-state index in [-0.39, 0.29) is 29.6 Å². The van der Waals surface area contributed by atoms with Crippen LogP contribution in [0.5, 0.6) is 0 Å². The van der Waals surface area contributed by atoms with E-state index < -0.39 is 0 Å². The zero-order valence-corrected chi connectivity index (χ0v) is 18.2. The van der Waals surface area contributed by atoms with Gasteiger partial charge >= 0.3 is 0 Å². The van der Waals surface area contributed by atoms with Gasteiger partial charge in [-0.3, -0.25) is 9.59 Å². The number of halogens is 1. The van der Waals surface area contributed by atoms with Gasteiger partial charge in [0.25, 0.3) is 5.91 Å². The van der Waals surface area contributed by atoms with Crippen LogP contribution >= 0.6 is 0 Å². The summed E-state index contributed by atoms with van der Waals surface area (Å²) >= 11 is 0. The van der Waals surface area contributed by atoms with Crippen molar-refractivity contribution in [1.29, 1.82) is 0 Å². The molecule has 166 valence electrons. The van der Waals surface area contributed by atoms with Gasteiger partial charge in [-0.15, -0.1) is 0 Å². The highest BCUT2D eigenvalue weighted by atomic mass is 19.1. The average molecular weight is 436 g/mol. The zero-order valence-electron chi connectivity index (χ0n) is 18.2. The highest BCUT2D eigenvalue weighted by Gasteiger charge is 2.32. The molecule has 2 heterocycles. The van der Waals surface area contributed by atoms with Crippen molar-refractivity contribution in [3.63, 3.8) is 0 Å². The van der Waals surface area contributed by atoms with Crippen molar-refractivity contribution in [3.8, 4) is 5.69 Å². The Hall–Kier alpha value is -3.55. The van der Waals surface area contributed by atoms with Crippen LogP contribution in [-0.2, 0) is 4.79 Å². The molecule has 0 aliphatic carbocycles. The van der Waals surface area contributed by atoms with Gasteiger partial charge in [-0.25, -0.2) is 4.39 Å². The largest absolute Gasteiger partial charge is 0.336 e. The van der Waals surface area contributed by atoms with Crippen molar-refractivity contribution < 1.29 is 14.0 Å². The van der Waals surface area contributed by atoms with Gasteiger partial charge in [0.2, 0.25) is 5.91 Å². The lowest BCUT2D eigenvalue weighted by Gasteiger charge is -2.38. The number of benzene rings is 2. The van der Waals surface area contributed by atoms with Gasteiger partial charge in [0.1, 0.15) is 5.82 Å². The van der Waals surface area contributed by atoms with Crippen LogP contribution < -0.4 is 5.32 Å². The van der Waals surface area contributed by atoms with E-state index in [1.807, 2.05) is 36.9 Å². The molecule has 1 aliphatic heterocycles. The Morgan fingerprint density at radius 2 is 1.81 bits per heavy atom. The Morgan fingerprint density at radius 3 is 2.53 bits per heavy atom. The summed E-state index contributed by atoms with van der Waals surface area (Å²) in [5, 5.41) is 11.2. The molecule has 1 N–H and O–H groups in total. The molecule has 0 radical (unpaired) electrons. The molecule has 0 bridgehead atoms. The van der Waals surface area contributed by atoms with Gasteiger partial charge in [0, 0.05) is 24.7 Å². The van der Waals surface area contributed by atoms with Crippen molar-refractivity contribution in [2.45, 2.75) is 39.2 Å². The molecule has 0 unspecified atom stereocenters. The van der Waals surface area contributed by atoms with E-state index in [9.17, 15) is 14.0 Å². The van der Waals surface area contributed by atoms with Crippen molar-refractivity contribution in [2.75, 3.05) is 11.9 Å². The molecule has 2 atom stereocenters. The van der Waals surface area contributed by atoms with E-state index in [0.29, 0.717) is 29.9 Å². The van der Waals surface area contributed by atoms with E-state index in [1.54, 1.807) is 12.4 Å². The number of aromatic nitrogens is 3. The van der Waals surface area contributed by atoms with Crippen LogP contribution in [0.25, 0.3) is 5.69 Å². The molecule has 0 saturated carbocycles. The fourth-order valence-electron chi connectivity index (χ4n) is 4.13. The maximum atomic E-state index is 13.6. The Balaban J connectivity index is 1.48. The lowest BCUT2D eigenvalue weighted by atomic mass is 9.90. The predicted molar refractivity (Wildman–Crippen MR) is 119 cm³/mol. The van der Waals surface area contributed by atoms with Crippen LogP contribution in [0, 0.1) is 18.7 Å². The number of hydrogen-bond acceptors (Lipinski definition) is 4. The smallest absolute Gasteiger partial charge is 0.256 e. The predicted octanol–water partition coefficient (Wildman–Crippen LogP) is 3.98. The standard InChI is InChI=1S/C24H26FN5O2/c1-16-3-10-22(30-26-11-12-27-30)21(13-16)24(32)29-15-18(5-4-17(29)2)14-23(31)28-20-8-6-19(25)7-9-20/h3,6-13,17-18H,4-5,14-15H2,1-2H3,(H,28,31)/t17-,18-/m0/s1. The maximum Gasteiger partial charge on any atom is 0.256 e. The van der Waals surface area contributed by atoms with Gasteiger partial charge < -0.3 is 10.2 Å². The first kappa shape index (κ1) is 21.7. The molecule has 8 heteroatoms. The molecule has 2 amide bonds. The van der Waals surface area contributed by atoms with Gasteiger partial charge in [0.05, 0.1) is 23.6 Å². The summed E-state index contributed by atoms with van der Waals surface area (Å²) in [6.45, 7) is 4.48. The number of nitrogens with one attached hydrogen (secondary N) is 1. The summed E-state index contributed by atoms with van der Waals surface area (Å²) < 4.78 is 13.1. The van der Waals surface area contributed by atoms with Crippen LogP contribution in [0.4, 0.5) is 10.1 Å². The molecule has 1 saturated heterocycles. The summed E-state index contributed by atoms with van der Waals surface area (Å²) in [5.41, 5.74) is 2.72. The second-order valence-corrected chi connectivity index (χ2v) is 8.35. The number of likely N-dealkylation sites (tertiary alicyclic amines) is 1. The molecular formula is C24H26FN5O2. The number of aryl methyl sites for hydroxylation is 1. The number of piperidine rings is 1. The van der Waals surface area contributed by atoms with Crippen LogP contribution in [0.3, 0.4) is 0 Å². The first-order valence-corrected chi connectivity index (χ1v) is 10.7. The van der Waals surface area contributed by atoms with E-state index in [2.05, 4.69) is 15.5 Å². The number of hydrogen-bond donors (Lipinski definition) is 1. The van der Waals surface area contributed by atoms with Crippen molar-refractivity contribution in [2.24, 2.45) is 5.92 Å². The minimum absolute atomic E-state index is 0.0479. The first-order chi connectivity index (χ1) is 15.4. The monoisotopic (exact) mass is 435 g/mol. The van der Waals surface area contributed by atoms with Crippen LogP contribution in [0.1, 0.15) is 42.1 Å². The third kappa shape index (κ3) is 4.85. The number of anilines is 1. The van der Waals surface area contributed by atoms with E-state index in [4.69, 9.17) is 0 Å². The highest BCUT2D eigenvalue weighted by Crippen LogP contribution is 2.28. The van der Waals surface area contributed by atoms with Gasteiger partial charge in [-0.05, 0) is 69.0 Å². The minimum Gasteiger partial charge on any atom is -0.336 e. The Kier molecular flexibility index (Phi) is 6.30. The van der Waals surface area contributed by atoms with Gasteiger partial charge in [-0.1, -0.05) is 11.6 Å². The molecular weight excluding hydrogens is 409 g/mol. The number of amides is 2. The molecule has 1 aliphatic rings. The Labute approximate surface area is 186 Å². The third-order valence-electron chi connectivity index (χ3n) is 5.86. The SMILES string of the molecule is Cc1ccc(-n2nccn2)c(C(=O)N2C[C@H](CC(=O)Nc3ccc(F)cc3)CC[C@@H]2C)c1. The minimum atomic E-state index is -0.348. The molecule has 0 spiro atoms. The summed E-state index contributed by atoms with van der Waals surface area (Å²) in [6.07, 6.45) is 5.14. The lowest BCUT2D eigenvalue weighted by Crippen LogP contribution is -2.46. The summed E-state index contributed by atoms with van der Waals surface area (Å²) in [7, 11) is 0. The molecule has 1 fully saturated rings. The molecule has 1 aromatic heterocycles. The highest BCUT2D eigenvalue weighted by molar-refractivity contribution is 5.98. The summed E-state index contributed by atoms with van der Waals surface area (Å²) in [6, 6.07) is 11.4. The number of carbonyl (C=O) groups is 2. The fourth-order valence-corrected chi connectivity index (χ4v) is 4.13. The molecule has 7 nitrogen and oxygen atoms in total. The molecule has 32 heavy (non-hydrogen) atoms. The first-order valence-electron chi connectivity index (χ1n) is 10.7. The molecule has 3 aromatic rings. The molecule has 2 aromatic carbocycles. The van der Waals surface area contributed by atoms with Crippen molar-refractivity contribution in [1.82, 2.24) is 19.9 Å². The number of nitrogens with zero attached hydrogens (tertiary/aromatic N) is 4. The van der Waals surface area contributed by atoms with E-state index in [0.717, 1.165) is 18.4 Å². The van der Waals surface area contributed by atoms with Gasteiger partial charge in [-0.2, -0.15) is 15.0 Å². The summed E-state index contributed by atoms with van der Waals surface area (Å²) in [5.74, 6) is -0.524. The number of carbonyl (C=O) groups excluding carboxylic acids is 2. The second-order valence-electron chi connectivity index (χ2n) is 8.35. The Morgan fingerprint density at radius 1 is 1.09 bits per heavy atom. The zero-order chi connectivity index (χ0) is 22.7. The van der Waals surface area contributed by atoms with E-state index in [1.165, 1.54) is 29.1 Å². The quantitative estimate of drug-likeness (QED) is 0.657. The topological polar surface area (TPSA) is 80.1 Å². The third-order valence-corrected chi connectivity index (χ3v) is 5.86.